The molecule has 4 atom stereocenters. The number of amides is 3. The first-order chi connectivity index (χ1) is 51.3. The summed E-state index contributed by atoms with van der Waals surface area (Å²) >= 11 is 0. The number of hydrogen-bond acceptors (Lipinski definition) is 26. The van der Waals surface area contributed by atoms with E-state index in [1.54, 1.807) is 23.1 Å². The van der Waals surface area contributed by atoms with E-state index in [1.165, 1.54) is 67.8 Å². The van der Waals surface area contributed by atoms with E-state index in [1.807, 2.05) is 101 Å². The summed E-state index contributed by atoms with van der Waals surface area (Å²) in [6.07, 6.45) is 4.49. The molecule has 7 aromatic heterocycles. The van der Waals surface area contributed by atoms with Crippen LogP contribution in [-0.4, -0.2) is 226 Å². The smallest absolute Gasteiger partial charge is 0.331 e. The van der Waals surface area contributed by atoms with Crippen LogP contribution in [0.3, 0.4) is 0 Å². The van der Waals surface area contributed by atoms with Gasteiger partial charge < -0.3 is 40.7 Å². The summed E-state index contributed by atoms with van der Waals surface area (Å²) in [5.41, 5.74) is 0.954. The summed E-state index contributed by atoms with van der Waals surface area (Å²) in [5.74, 6) is -1.17. The zero-order chi connectivity index (χ0) is 76.4. The van der Waals surface area contributed by atoms with Crippen molar-refractivity contribution in [2.24, 2.45) is 21.1 Å². The first-order valence-electron chi connectivity index (χ1n) is 34.2. The van der Waals surface area contributed by atoms with Gasteiger partial charge in [-0.25, -0.2) is 14.4 Å². The molecule has 3 aromatic carbocycles. The molecule has 107 heavy (non-hydrogen) atoms. The number of aromatic nitrogens is 20. The van der Waals surface area contributed by atoms with Crippen molar-refractivity contribution in [2.75, 3.05) is 79.3 Å². The third-order valence-corrected chi connectivity index (χ3v) is 17.6. The lowest BCUT2D eigenvalue weighted by atomic mass is 10.1. The van der Waals surface area contributed by atoms with E-state index in [4.69, 9.17) is 9.47 Å². The largest absolute Gasteiger partial charge is 0.386 e. The molecule has 0 bridgehead atoms. The highest BCUT2D eigenvalue weighted by molar-refractivity contribution is 5.94. The SMILES string of the molecule is Cc1ccc([C@@H](O)Cn2nnc(Cn3cc(C(=O)NCC4COCCN4C)c(=O)n(C)c3=O)n2)cc1.Cc1ccc([C@@H](O)Cn2nnc(Cn3cc(C(=O)NCCN4CCOCC4)c(=O)n(C)c3=O)n2)cc1.Cc1ccc([C@@H](O)Cn2nnc(Cn3cc(C(=O)NCCn4cccn4)c(=O)n(C)c3=O)n2)cc1. The highest BCUT2D eigenvalue weighted by Crippen LogP contribution is 2.18. The van der Waals surface area contributed by atoms with E-state index in [0.717, 1.165) is 61.2 Å². The molecule has 0 spiro atoms. The van der Waals surface area contributed by atoms with Gasteiger partial charge >= 0.3 is 17.1 Å². The minimum atomic E-state index is -0.838. The number of carbonyl (C=O) groups is 3. The molecule has 2 fully saturated rings. The maximum Gasteiger partial charge on any atom is 0.331 e. The molecule has 1 unspecified atom stereocenters. The highest BCUT2D eigenvalue weighted by Gasteiger charge is 2.25. The molecule has 12 rings (SSSR count). The number of aryl methyl sites for hydroxylation is 3. The molecule has 39 heteroatoms. The minimum absolute atomic E-state index is 0.00745. The number of likely N-dealkylation sites (N-methyl/N-ethyl adjacent to an activating group) is 1. The van der Waals surface area contributed by atoms with Crippen molar-refractivity contribution < 1.29 is 39.2 Å². The Bertz CT molecular complexity index is 5050. The van der Waals surface area contributed by atoms with Gasteiger partial charge in [0.2, 0.25) is 0 Å². The van der Waals surface area contributed by atoms with Crippen LogP contribution in [0, 0.1) is 20.8 Å². The standard InChI is InChI=1S/2C23H30N8O5.C22H25N9O4/c1-15-4-6-16(7-5-15)19(32)12-31-26-20(25-27-31)13-30-11-18(22(34)29(3)23(30)35)21(33)24-10-17-14-36-9-8-28(17)2;1-16-3-5-17(6-4-16)19(32)14-31-26-20(25-27-31)15-30-13-18(22(34)28(2)23(30)35)21(33)24-7-8-29-9-11-36-12-10-29;1-15-4-6-16(7-5-15)18(32)13-31-26-19(25-27-31)14-29-12-17(21(34)28(2)22(29)35)20(33)23-9-11-30-10-3-8-24-30/h4-7,11,17,19,32H,8-10,12-14H2,1-3H3,(H,24,33);3-6,13,19,32H,7-12,14-15H2,1-2H3,(H,24,33);3-8,10,12,18,32H,9,11,13-14H2,1-2H3,(H,23,33)/t17?,19-;19-;18-/m000/s1. The maximum atomic E-state index is 12.8. The van der Waals surface area contributed by atoms with E-state index in [-0.39, 0.29) is 86.0 Å². The van der Waals surface area contributed by atoms with Gasteiger partial charge in [0.1, 0.15) is 35.0 Å². The van der Waals surface area contributed by atoms with Crippen LogP contribution >= 0.6 is 0 Å². The maximum absolute atomic E-state index is 12.8. The van der Waals surface area contributed by atoms with Gasteiger partial charge in [0.15, 0.2) is 17.5 Å². The first kappa shape index (κ1) is 77.9. The number of aliphatic hydroxyl groups excluding tert-OH is 3. The van der Waals surface area contributed by atoms with E-state index in [0.29, 0.717) is 58.2 Å². The van der Waals surface area contributed by atoms with Crippen molar-refractivity contribution in [3.63, 3.8) is 0 Å². The Morgan fingerprint density at radius 2 is 0.860 bits per heavy atom. The molecule has 6 N–H and O–H groups in total. The molecule has 39 nitrogen and oxygen atoms in total. The normalized spacial score (nSPS) is 14.8. The van der Waals surface area contributed by atoms with Gasteiger partial charge in [-0.15, -0.1) is 30.6 Å². The van der Waals surface area contributed by atoms with Crippen LogP contribution in [0.1, 0.15) is 100 Å². The quantitative estimate of drug-likeness (QED) is 0.0308. The lowest BCUT2D eigenvalue weighted by Gasteiger charge is -2.32. The molecule has 2 saturated heterocycles. The van der Waals surface area contributed by atoms with Gasteiger partial charge in [0.25, 0.3) is 34.4 Å². The van der Waals surface area contributed by atoms with Crippen molar-refractivity contribution in [1.29, 1.82) is 0 Å². The van der Waals surface area contributed by atoms with Crippen LogP contribution in [0.15, 0.2) is 139 Å². The number of nitrogens with one attached hydrogen (secondary N) is 3. The average Bonchev–Trinajstić information content (AvgIpc) is 1.61. The molecule has 2 aliphatic heterocycles. The summed E-state index contributed by atoms with van der Waals surface area (Å²) in [7, 11) is 5.86. The summed E-state index contributed by atoms with van der Waals surface area (Å²) in [5, 5.41) is 79.9. The second-order valence-electron chi connectivity index (χ2n) is 25.7. The van der Waals surface area contributed by atoms with Crippen LogP contribution in [0.4, 0.5) is 0 Å². The Balaban J connectivity index is 0.000000172. The zero-order valence-corrected chi connectivity index (χ0v) is 60.1. The molecule has 0 radical (unpaired) electrons. The summed E-state index contributed by atoms with van der Waals surface area (Å²) < 4.78 is 18.5. The number of aliphatic hydroxyl groups is 3. The molecule has 566 valence electrons. The third-order valence-electron chi connectivity index (χ3n) is 17.6. The second-order valence-corrected chi connectivity index (χ2v) is 25.7. The Labute approximate surface area is 609 Å². The van der Waals surface area contributed by atoms with Crippen molar-refractivity contribution in [2.45, 2.75) is 90.9 Å². The van der Waals surface area contributed by atoms with Crippen molar-refractivity contribution in [1.82, 2.24) is 124 Å². The van der Waals surface area contributed by atoms with Gasteiger partial charge in [0.05, 0.1) is 78.3 Å². The number of nitrogens with zero attached hydrogens (tertiary/aromatic N) is 22. The Kier molecular flexibility index (Phi) is 26.4. The number of rotatable bonds is 26. The number of benzene rings is 3. The van der Waals surface area contributed by atoms with Crippen LogP contribution < -0.4 is 49.7 Å². The average molecular weight is 1480 g/mol. The molecule has 2 aliphatic rings. The number of tetrazole rings is 3. The zero-order valence-electron chi connectivity index (χ0n) is 60.1. The van der Waals surface area contributed by atoms with Crippen molar-refractivity contribution in [3.8, 4) is 0 Å². The van der Waals surface area contributed by atoms with E-state index < -0.39 is 69.8 Å². The number of morpholine rings is 2. The fraction of sp³-hybridized carbons (Fsp3) is 0.426. The van der Waals surface area contributed by atoms with Gasteiger partial charge in [0, 0.05) is 97.9 Å². The minimum Gasteiger partial charge on any atom is -0.386 e. The lowest BCUT2D eigenvalue weighted by Crippen LogP contribution is -2.50. The molecule has 9 heterocycles. The number of ether oxygens (including phenoxy) is 2. The molecule has 3 amide bonds. The summed E-state index contributed by atoms with van der Waals surface area (Å²) in [4.78, 5) is 122. The number of hydrogen-bond donors (Lipinski definition) is 6. The van der Waals surface area contributed by atoms with Crippen LogP contribution in [-0.2, 0) is 76.4 Å². The van der Waals surface area contributed by atoms with Crippen molar-refractivity contribution in [3.05, 3.63) is 240 Å². The van der Waals surface area contributed by atoms with Crippen LogP contribution in [0.25, 0.3) is 0 Å². The predicted molar refractivity (Wildman–Crippen MR) is 381 cm³/mol. The van der Waals surface area contributed by atoms with Gasteiger partial charge in [-0.05, 0) is 66.2 Å². The van der Waals surface area contributed by atoms with Crippen LogP contribution in [0.2, 0.25) is 0 Å². The molecule has 0 aliphatic carbocycles. The van der Waals surface area contributed by atoms with Gasteiger partial charge in [-0.1, -0.05) is 89.5 Å². The molecular weight excluding hydrogens is 1390 g/mol. The Morgan fingerprint density at radius 3 is 1.22 bits per heavy atom. The van der Waals surface area contributed by atoms with E-state index >= 15 is 0 Å². The van der Waals surface area contributed by atoms with E-state index in [9.17, 15) is 58.5 Å². The summed E-state index contributed by atoms with van der Waals surface area (Å²) in [6, 6.07) is 24.1. The fourth-order valence-corrected chi connectivity index (χ4v) is 11.2. The predicted octanol–water partition coefficient (Wildman–Crippen LogP) is -3.38. The topological polar surface area (TPSA) is 454 Å². The molecule has 10 aromatic rings. The first-order valence-corrected chi connectivity index (χ1v) is 34.2. The Morgan fingerprint density at radius 1 is 0.495 bits per heavy atom. The van der Waals surface area contributed by atoms with Crippen LogP contribution in [0.5, 0.6) is 0 Å². The second kappa shape index (κ2) is 36.3. The monoisotopic (exact) mass is 1480 g/mol. The third kappa shape index (κ3) is 20.8. The number of carbonyl (C=O) groups excluding carboxylic acids is 3. The Hall–Kier alpha value is -11.8. The van der Waals surface area contributed by atoms with Gasteiger partial charge in [-0.3, -0.25) is 70.7 Å². The molecular formula is C68H85N25O14. The molecule has 0 saturated carbocycles. The highest BCUT2D eigenvalue weighted by atomic mass is 16.5. The fourth-order valence-electron chi connectivity index (χ4n) is 11.2. The van der Waals surface area contributed by atoms with Crippen molar-refractivity contribution >= 4 is 17.7 Å². The van der Waals surface area contributed by atoms with Gasteiger partial charge in [-0.2, -0.15) is 19.5 Å². The van der Waals surface area contributed by atoms with E-state index in [2.05, 4.69) is 77.1 Å². The lowest BCUT2D eigenvalue weighted by molar-refractivity contribution is 0.00667. The summed E-state index contributed by atoms with van der Waals surface area (Å²) in [6.45, 7) is 12.5.